The first kappa shape index (κ1) is 19.1. The molecule has 0 saturated carbocycles. The molecule has 0 bridgehead atoms. The SMILES string of the molecule is CN(C)CCOC(=O)OC[C@H]1O[C@@H](n2cnc(C(N)=O)n2)C(O)C1O. The van der Waals surface area contributed by atoms with Crippen molar-refractivity contribution < 1.29 is 34.0 Å². The van der Waals surface area contributed by atoms with Crippen LogP contribution in [-0.2, 0) is 14.2 Å². The Bertz CT molecular complexity index is 607. The molecule has 4 atom stereocenters. The molecule has 0 aliphatic carbocycles. The lowest BCUT2D eigenvalue weighted by molar-refractivity contribution is -0.0674. The van der Waals surface area contributed by atoms with Gasteiger partial charge in [-0.05, 0) is 14.1 Å². The van der Waals surface area contributed by atoms with Crippen molar-refractivity contribution in [3.8, 4) is 0 Å². The predicted octanol–water partition coefficient (Wildman–Crippen LogP) is -2.29. The summed E-state index contributed by atoms with van der Waals surface area (Å²) < 4.78 is 16.2. The molecule has 2 rings (SSSR count). The fraction of sp³-hybridized carbons (Fsp3) is 0.692. The van der Waals surface area contributed by atoms with E-state index in [1.807, 2.05) is 19.0 Å². The van der Waals surface area contributed by atoms with E-state index in [0.717, 1.165) is 11.0 Å². The number of aliphatic hydroxyl groups is 2. The summed E-state index contributed by atoms with van der Waals surface area (Å²) in [4.78, 5) is 28.0. The molecule has 1 aromatic heterocycles. The van der Waals surface area contributed by atoms with Gasteiger partial charge in [0.1, 0.15) is 37.9 Å². The molecular formula is C13H21N5O7. The predicted molar refractivity (Wildman–Crippen MR) is 80.3 cm³/mol. The number of primary amides is 1. The van der Waals surface area contributed by atoms with Crippen LogP contribution in [0.2, 0.25) is 0 Å². The molecule has 12 heteroatoms. The third kappa shape index (κ3) is 4.85. The minimum absolute atomic E-state index is 0.153. The van der Waals surface area contributed by atoms with Gasteiger partial charge in [0.25, 0.3) is 5.91 Å². The maximum atomic E-state index is 11.5. The summed E-state index contributed by atoms with van der Waals surface area (Å²) in [5.41, 5.74) is 5.05. The summed E-state index contributed by atoms with van der Waals surface area (Å²) in [6.07, 6.45) is -4.56. The first-order chi connectivity index (χ1) is 11.8. The zero-order valence-electron chi connectivity index (χ0n) is 13.8. The minimum Gasteiger partial charge on any atom is -0.433 e. The number of hydrogen-bond donors (Lipinski definition) is 3. The number of carbonyl (C=O) groups excluding carboxylic acids is 2. The van der Waals surface area contributed by atoms with Crippen molar-refractivity contribution in [2.24, 2.45) is 5.73 Å². The van der Waals surface area contributed by atoms with E-state index in [4.69, 9.17) is 19.9 Å². The fourth-order valence-electron chi connectivity index (χ4n) is 2.10. The quantitative estimate of drug-likeness (QED) is 0.452. The van der Waals surface area contributed by atoms with Crippen molar-refractivity contribution >= 4 is 12.1 Å². The maximum absolute atomic E-state index is 11.5. The molecule has 1 amide bonds. The lowest BCUT2D eigenvalue weighted by atomic mass is 10.1. The molecule has 25 heavy (non-hydrogen) atoms. The molecule has 140 valence electrons. The molecule has 1 saturated heterocycles. The molecule has 4 N–H and O–H groups in total. The van der Waals surface area contributed by atoms with Gasteiger partial charge in [0.2, 0.25) is 5.82 Å². The number of aromatic nitrogens is 3. The second-order valence-electron chi connectivity index (χ2n) is 5.67. The Labute approximate surface area is 143 Å². The highest BCUT2D eigenvalue weighted by Crippen LogP contribution is 2.28. The van der Waals surface area contributed by atoms with Gasteiger partial charge < -0.3 is 35.1 Å². The van der Waals surface area contributed by atoms with Crippen LogP contribution in [0.25, 0.3) is 0 Å². The number of amides is 1. The number of aliphatic hydroxyl groups excluding tert-OH is 2. The van der Waals surface area contributed by atoms with Gasteiger partial charge >= 0.3 is 6.16 Å². The van der Waals surface area contributed by atoms with Crippen molar-refractivity contribution in [1.82, 2.24) is 19.7 Å². The van der Waals surface area contributed by atoms with Crippen molar-refractivity contribution in [2.75, 3.05) is 33.9 Å². The van der Waals surface area contributed by atoms with Crippen LogP contribution in [-0.4, -0.2) is 94.1 Å². The Balaban J connectivity index is 1.86. The van der Waals surface area contributed by atoms with Crippen LogP contribution >= 0.6 is 0 Å². The zero-order chi connectivity index (χ0) is 18.6. The molecule has 0 aromatic carbocycles. The second-order valence-corrected chi connectivity index (χ2v) is 5.67. The zero-order valence-corrected chi connectivity index (χ0v) is 13.8. The molecule has 0 radical (unpaired) electrons. The largest absolute Gasteiger partial charge is 0.508 e. The van der Waals surface area contributed by atoms with Crippen LogP contribution in [0.15, 0.2) is 6.33 Å². The molecule has 1 aliphatic heterocycles. The summed E-state index contributed by atoms with van der Waals surface area (Å²) in [6.45, 7) is 0.361. The normalized spacial score (nSPS) is 26.0. The van der Waals surface area contributed by atoms with E-state index in [2.05, 4.69) is 10.1 Å². The Morgan fingerprint density at radius 3 is 2.68 bits per heavy atom. The van der Waals surface area contributed by atoms with Gasteiger partial charge in [-0.2, -0.15) is 0 Å². The number of hydrogen-bond acceptors (Lipinski definition) is 10. The van der Waals surface area contributed by atoms with Gasteiger partial charge in [-0.1, -0.05) is 0 Å². The van der Waals surface area contributed by atoms with E-state index < -0.39 is 36.6 Å². The number of rotatable bonds is 7. The average Bonchev–Trinajstić information content (AvgIpc) is 3.12. The maximum Gasteiger partial charge on any atom is 0.508 e. The van der Waals surface area contributed by atoms with E-state index >= 15 is 0 Å². The standard InChI is InChI=1S/C13H21N5O7/c1-17(2)3-4-23-13(22)24-5-7-8(19)9(20)12(25-7)18-6-15-11(16-18)10(14)21/h6-9,12,19-20H,3-5H2,1-2H3,(H2,14,21)/t7-,8?,9?,12-/m1/s1. The minimum atomic E-state index is -1.36. The highest BCUT2D eigenvalue weighted by atomic mass is 16.7. The van der Waals surface area contributed by atoms with Crippen LogP contribution in [0.3, 0.4) is 0 Å². The van der Waals surface area contributed by atoms with E-state index in [-0.39, 0.29) is 19.0 Å². The van der Waals surface area contributed by atoms with Crippen LogP contribution in [0.4, 0.5) is 4.79 Å². The first-order valence-corrected chi connectivity index (χ1v) is 7.46. The van der Waals surface area contributed by atoms with E-state index in [1.54, 1.807) is 0 Å². The highest BCUT2D eigenvalue weighted by Gasteiger charge is 2.45. The van der Waals surface area contributed by atoms with E-state index in [9.17, 15) is 19.8 Å². The molecular weight excluding hydrogens is 338 g/mol. The lowest BCUT2D eigenvalue weighted by Gasteiger charge is -2.15. The first-order valence-electron chi connectivity index (χ1n) is 7.46. The number of likely N-dealkylation sites (N-methyl/N-ethyl adjacent to an activating group) is 1. The van der Waals surface area contributed by atoms with Crippen molar-refractivity contribution in [1.29, 1.82) is 0 Å². The van der Waals surface area contributed by atoms with Gasteiger partial charge in [-0.25, -0.2) is 14.5 Å². The van der Waals surface area contributed by atoms with Gasteiger partial charge in [0.15, 0.2) is 6.23 Å². The fourth-order valence-corrected chi connectivity index (χ4v) is 2.10. The van der Waals surface area contributed by atoms with Gasteiger partial charge in [0.05, 0.1) is 0 Å². The second kappa shape index (κ2) is 8.20. The Morgan fingerprint density at radius 1 is 1.36 bits per heavy atom. The van der Waals surface area contributed by atoms with Crippen LogP contribution in [0.1, 0.15) is 16.8 Å². The lowest BCUT2D eigenvalue weighted by Crippen LogP contribution is -2.34. The Kier molecular flexibility index (Phi) is 6.25. The molecule has 1 fully saturated rings. The molecule has 1 aliphatic rings. The van der Waals surface area contributed by atoms with Crippen LogP contribution < -0.4 is 5.73 Å². The van der Waals surface area contributed by atoms with E-state index in [0.29, 0.717) is 6.54 Å². The monoisotopic (exact) mass is 359 g/mol. The number of nitrogens with two attached hydrogens (primary N) is 1. The summed E-state index contributed by atoms with van der Waals surface area (Å²) >= 11 is 0. The molecule has 0 spiro atoms. The Hall–Kier alpha value is -2.28. The highest BCUT2D eigenvalue weighted by molar-refractivity contribution is 5.88. The third-order valence-electron chi connectivity index (χ3n) is 3.45. The Morgan fingerprint density at radius 2 is 2.08 bits per heavy atom. The van der Waals surface area contributed by atoms with E-state index in [1.165, 1.54) is 0 Å². The van der Waals surface area contributed by atoms with Gasteiger partial charge in [-0.15, -0.1) is 5.10 Å². The van der Waals surface area contributed by atoms with Crippen LogP contribution in [0.5, 0.6) is 0 Å². The summed E-state index contributed by atoms with van der Waals surface area (Å²) in [7, 11) is 3.65. The smallest absolute Gasteiger partial charge is 0.433 e. The third-order valence-corrected chi connectivity index (χ3v) is 3.45. The van der Waals surface area contributed by atoms with Crippen molar-refractivity contribution in [3.63, 3.8) is 0 Å². The van der Waals surface area contributed by atoms with Crippen molar-refractivity contribution in [2.45, 2.75) is 24.5 Å². The van der Waals surface area contributed by atoms with Gasteiger partial charge in [-0.3, -0.25) is 4.79 Å². The molecule has 2 heterocycles. The summed E-state index contributed by atoms with van der Waals surface area (Å²) in [5.74, 6) is -1.10. The summed E-state index contributed by atoms with van der Waals surface area (Å²) in [5, 5.41) is 23.8. The molecule has 2 unspecified atom stereocenters. The van der Waals surface area contributed by atoms with Crippen molar-refractivity contribution in [3.05, 3.63) is 12.2 Å². The molecule has 1 aromatic rings. The summed E-state index contributed by atoms with van der Waals surface area (Å²) in [6, 6.07) is 0. The van der Waals surface area contributed by atoms with Crippen LogP contribution in [0, 0.1) is 0 Å². The topological polar surface area (TPSA) is 162 Å². The van der Waals surface area contributed by atoms with Gasteiger partial charge in [0, 0.05) is 6.54 Å². The number of carbonyl (C=O) groups is 2. The number of ether oxygens (including phenoxy) is 3. The molecule has 12 nitrogen and oxygen atoms in total. The number of nitrogens with zero attached hydrogens (tertiary/aromatic N) is 4. The average molecular weight is 359 g/mol.